The van der Waals surface area contributed by atoms with E-state index in [1.54, 1.807) is 0 Å². The number of aromatic nitrogens is 2. The maximum absolute atomic E-state index is 6.26. The number of hydrogen-bond acceptors (Lipinski definition) is 3. The fourth-order valence-electron chi connectivity index (χ4n) is 2.16. The smallest absolute Gasteiger partial charge is 0.127 e. The van der Waals surface area contributed by atoms with Crippen LogP contribution in [0, 0.1) is 0 Å². The fourth-order valence-corrected chi connectivity index (χ4v) is 2.67. The van der Waals surface area contributed by atoms with E-state index in [4.69, 9.17) is 16.3 Å². The molecule has 0 aliphatic rings. The highest BCUT2D eigenvalue weighted by Crippen LogP contribution is 2.26. The van der Waals surface area contributed by atoms with Gasteiger partial charge in [-0.2, -0.15) is 0 Å². The second kappa shape index (κ2) is 7.58. The van der Waals surface area contributed by atoms with Crippen molar-refractivity contribution < 1.29 is 4.74 Å². The molecule has 1 unspecified atom stereocenters. The summed E-state index contributed by atoms with van der Waals surface area (Å²) < 4.78 is 8.87. The summed E-state index contributed by atoms with van der Waals surface area (Å²) in [5, 5.41) is -0.127. The number of nitrogens with zero attached hydrogens (tertiary/aromatic N) is 3. The average molecular weight is 375 g/mol. The number of benzene rings is 1. The van der Waals surface area contributed by atoms with Crippen LogP contribution >= 0.6 is 27.5 Å². The van der Waals surface area contributed by atoms with Crippen molar-refractivity contribution in [3.05, 3.63) is 28.5 Å². The topological polar surface area (TPSA) is 30.3 Å². The Balaban J connectivity index is 2.12. The van der Waals surface area contributed by atoms with Crippen molar-refractivity contribution in [1.82, 2.24) is 14.5 Å². The molecule has 0 bridgehead atoms. The lowest BCUT2D eigenvalue weighted by molar-refractivity contribution is 0.111. The van der Waals surface area contributed by atoms with Crippen LogP contribution in [0.5, 0.6) is 0 Å². The standard InChI is InChI=1S/C15H21BrClN3O/c1-11(17)15-18-13-5-4-12(16)10-14(13)20(15)7-9-21-8-6-19(2)3/h4-5,10-11H,6-9H2,1-3H3. The number of likely N-dealkylation sites (N-methyl/N-ethyl adjacent to an activating group) is 1. The summed E-state index contributed by atoms with van der Waals surface area (Å²) in [6.45, 7) is 5.01. The molecule has 0 amide bonds. The van der Waals surface area contributed by atoms with E-state index < -0.39 is 0 Å². The van der Waals surface area contributed by atoms with Gasteiger partial charge in [-0.15, -0.1) is 11.6 Å². The Labute approximate surface area is 139 Å². The summed E-state index contributed by atoms with van der Waals surface area (Å²) in [7, 11) is 4.08. The third-order valence-electron chi connectivity index (χ3n) is 3.24. The molecule has 0 N–H and O–H groups in total. The molecule has 0 aliphatic heterocycles. The molecule has 1 aromatic heterocycles. The number of ether oxygens (including phenoxy) is 1. The van der Waals surface area contributed by atoms with Crippen molar-refractivity contribution in [2.45, 2.75) is 18.8 Å². The first-order chi connectivity index (χ1) is 9.99. The first-order valence-electron chi connectivity index (χ1n) is 7.01. The van der Waals surface area contributed by atoms with Crippen molar-refractivity contribution in [2.24, 2.45) is 0 Å². The predicted molar refractivity (Wildman–Crippen MR) is 91.1 cm³/mol. The lowest BCUT2D eigenvalue weighted by atomic mass is 10.3. The van der Waals surface area contributed by atoms with E-state index in [0.717, 1.165) is 41.0 Å². The van der Waals surface area contributed by atoms with Gasteiger partial charge in [0, 0.05) is 17.6 Å². The van der Waals surface area contributed by atoms with E-state index >= 15 is 0 Å². The lowest BCUT2D eigenvalue weighted by Gasteiger charge is -2.13. The molecular weight excluding hydrogens is 354 g/mol. The van der Waals surface area contributed by atoms with E-state index in [1.807, 2.05) is 33.2 Å². The van der Waals surface area contributed by atoms with Crippen LogP contribution in [0.4, 0.5) is 0 Å². The highest BCUT2D eigenvalue weighted by atomic mass is 79.9. The van der Waals surface area contributed by atoms with Crippen molar-refractivity contribution in [2.75, 3.05) is 33.9 Å². The Morgan fingerprint density at radius 1 is 1.38 bits per heavy atom. The maximum atomic E-state index is 6.26. The van der Waals surface area contributed by atoms with Gasteiger partial charge in [0.05, 0.1) is 29.6 Å². The molecule has 1 aromatic carbocycles. The maximum Gasteiger partial charge on any atom is 0.127 e. The Hall–Kier alpha value is -0.620. The van der Waals surface area contributed by atoms with Gasteiger partial charge in [0.2, 0.25) is 0 Å². The van der Waals surface area contributed by atoms with Gasteiger partial charge in [-0.25, -0.2) is 4.98 Å². The number of imidazole rings is 1. The molecule has 2 aromatic rings. The van der Waals surface area contributed by atoms with E-state index in [0.29, 0.717) is 6.61 Å². The summed E-state index contributed by atoms with van der Waals surface area (Å²) in [4.78, 5) is 6.73. The monoisotopic (exact) mass is 373 g/mol. The summed E-state index contributed by atoms with van der Waals surface area (Å²) >= 11 is 9.77. The molecule has 4 nitrogen and oxygen atoms in total. The highest BCUT2D eigenvalue weighted by molar-refractivity contribution is 9.10. The second-order valence-electron chi connectivity index (χ2n) is 5.29. The van der Waals surface area contributed by atoms with Crippen LogP contribution in [0.2, 0.25) is 0 Å². The second-order valence-corrected chi connectivity index (χ2v) is 6.86. The van der Waals surface area contributed by atoms with Gasteiger partial charge < -0.3 is 14.2 Å². The van der Waals surface area contributed by atoms with Crippen LogP contribution in [0.25, 0.3) is 11.0 Å². The fraction of sp³-hybridized carbons (Fsp3) is 0.533. The molecule has 0 spiro atoms. The molecule has 116 valence electrons. The SMILES string of the molecule is CC(Cl)c1nc2ccc(Br)cc2n1CCOCCN(C)C. The van der Waals surface area contributed by atoms with Crippen LogP contribution < -0.4 is 0 Å². The Kier molecular flexibility index (Phi) is 6.05. The third kappa shape index (κ3) is 4.42. The number of fused-ring (bicyclic) bond motifs is 1. The number of halogens is 2. The Bertz CT molecular complexity index is 598. The minimum Gasteiger partial charge on any atom is -0.378 e. The summed E-state index contributed by atoms with van der Waals surface area (Å²) in [5.41, 5.74) is 2.05. The largest absolute Gasteiger partial charge is 0.378 e. The zero-order valence-electron chi connectivity index (χ0n) is 12.6. The zero-order chi connectivity index (χ0) is 15.4. The number of alkyl halides is 1. The molecule has 0 saturated carbocycles. The van der Waals surface area contributed by atoms with Gasteiger partial charge in [-0.05, 0) is 39.2 Å². The molecular formula is C15H21BrClN3O. The average Bonchev–Trinajstić information content (AvgIpc) is 2.76. The summed E-state index contributed by atoms with van der Waals surface area (Å²) in [6.07, 6.45) is 0. The van der Waals surface area contributed by atoms with E-state index in [-0.39, 0.29) is 5.38 Å². The van der Waals surface area contributed by atoms with Crippen LogP contribution in [-0.4, -0.2) is 48.3 Å². The van der Waals surface area contributed by atoms with Gasteiger partial charge in [0.25, 0.3) is 0 Å². The third-order valence-corrected chi connectivity index (χ3v) is 3.93. The van der Waals surface area contributed by atoms with Crippen LogP contribution in [0.3, 0.4) is 0 Å². The van der Waals surface area contributed by atoms with Crippen LogP contribution in [0.15, 0.2) is 22.7 Å². The van der Waals surface area contributed by atoms with Crippen LogP contribution in [0.1, 0.15) is 18.1 Å². The van der Waals surface area contributed by atoms with Crippen molar-refractivity contribution in [3.63, 3.8) is 0 Å². The minimum atomic E-state index is -0.127. The molecule has 0 radical (unpaired) electrons. The summed E-state index contributed by atoms with van der Waals surface area (Å²) in [6, 6.07) is 6.08. The zero-order valence-corrected chi connectivity index (χ0v) is 15.0. The minimum absolute atomic E-state index is 0.127. The molecule has 6 heteroatoms. The Morgan fingerprint density at radius 2 is 2.14 bits per heavy atom. The van der Waals surface area contributed by atoms with Gasteiger partial charge in [0.1, 0.15) is 5.82 Å². The predicted octanol–water partition coefficient (Wildman–Crippen LogP) is 3.68. The van der Waals surface area contributed by atoms with E-state index in [2.05, 4.69) is 36.4 Å². The summed E-state index contributed by atoms with van der Waals surface area (Å²) in [5.74, 6) is 0.890. The van der Waals surface area contributed by atoms with Crippen molar-refractivity contribution >= 4 is 38.6 Å². The van der Waals surface area contributed by atoms with E-state index in [9.17, 15) is 0 Å². The quantitative estimate of drug-likeness (QED) is 0.547. The highest BCUT2D eigenvalue weighted by Gasteiger charge is 2.14. The number of hydrogen-bond donors (Lipinski definition) is 0. The molecule has 2 rings (SSSR count). The molecule has 21 heavy (non-hydrogen) atoms. The molecule has 1 atom stereocenters. The van der Waals surface area contributed by atoms with Crippen molar-refractivity contribution in [1.29, 1.82) is 0 Å². The van der Waals surface area contributed by atoms with Gasteiger partial charge in [-0.1, -0.05) is 15.9 Å². The first kappa shape index (κ1) is 16.7. The van der Waals surface area contributed by atoms with Crippen molar-refractivity contribution in [3.8, 4) is 0 Å². The Morgan fingerprint density at radius 3 is 2.81 bits per heavy atom. The van der Waals surface area contributed by atoms with Gasteiger partial charge >= 0.3 is 0 Å². The first-order valence-corrected chi connectivity index (χ1v) is 8.24. The number of rotatable bonds is 7. The van der Waals surface area contributed by atoms with Gasteiger partial charge in [0.15, 0.2) is 0 Å². The molecule has 0 aliphatic carbocycles. The van der Waals surface area contributed by atoms with E-state index in [1.165, 1.54) is 0 Å². The van der Waals surface area contributed by atoms with Crippen LogP contribution in [-0.2, 0) is 11.3 Å². The molecule has 0 saturated heterocycles. The molecule has 0 fully saturated rings. The molecule has 1 heterocycles. The normalized spacial score (nSPS) is 13.2. The van der Waals surface area contributed by atoms with Gasteiger partial charge in [-0.3, -0.25) is 0 Å². The lowest BCUT2D eigenvalue weighted by Crippen LogP contribution is -2.19.